The van der Waals surface area contributed by atoms with Crippen molar-refractivity contribution in [3.05, 3.63) is 71.0 Å². The van der Waals surface area contributed by atoms with E-state index in [1.165, 1.54) is 0 Å². The van der Waals surface area contributed by atoms with Crippen molar-refractivity contribution in [1.29, 1.82) is 0 Å². The van der Waals surface area contributed by atoms with Crippen LogP contribution in [-0.4, -0.2) is 15.0 Å². The predicted octanol–water partition coefficient (Wildman–Crippen LogP) is 5.14. The zero-order chi connectivity index (χ0) is 18.1. The maximum absolute atomic E-state index is 6.27. The van der Waals surface area contributed by atoms with Gasteiger partial charge in [-0.3, -0.25) is 0 Å². The summed E-state index contributed by atoms with van der Waals surface area (Å²) in [5, 5.41) is 2.09. The van der Waals surface area contributed by atoms with Gasteiger partial charge in [-0.05, 0) is 42.1 Å². The van der Waals surface area contributed by atoms with Gasteiger partial charge >= 0.3 is 0 Å². The van der Waals surface area contributed by atoms with Crippen molar-refractivity contribution in [1.82, 2.24) is 15.0 Å². The van der Waals surface area contributed by atoms with Crippen molar-refractivity contribution in [3.8, 4) is 22.9 Å². The SMILES string of the molecule is Cc1ccc2c(Br)cccc2c1Oc1ncccc1-c1ccnc(N)n1. The standard InChI is InChI=1S/C20H15BrN4O/c1-12-7-8-13-14(4-2-6-16(13)21)18(12)26-19-15(5-3-10-23-19)17-9-11-24-20(22)25-17/h2-11H,1H3,(H2,22,24,25). The smallest absolute Gasteiger partial charge is 0.228 e. The zero-order valence-corrected chi connectivity index (χ0v) is 15.6. The summed E-state index contributed by atoms with van der Waals surface area (Å²) in [6.45, 7) is 2.01. The Labute approximate surface area is 159 Å². The van der Waals surface area contributed by atoms with Crippen LogP contribution >= 0.6 is 15.9 Å². The molecule has 0 unspecified atom stereocenters. The largest absolute Gasteiger partial charge is 0.437 e. The highest BCUT2D eigenvalue weighted by molar-refractivity contribution is 9.10. The fraction of sp³-hybridized carbons (Fsp3) is 0.0500. The molecule has 5 nitrogen and oxygen atoms in total. The quantitative estimate of drug-likeness (QED) is 0.509. The average molecular weight is 407 g/mol. The first-order chi connectivity index (χ1) is 12.6. The summed E-state index contributed by atoms with van der Waals surface area (Å²) in [4.78, 5) is 12.6. The molecule has 2 aromatic carbocycles. The normalized spacial score (nSPS) is 10.8. The number of ether oxygens (including phenoxy) is 1. The summed E-state index contributed by atoms with van der Waals surface area (Å²) in [7, 11) is 0. The Balaban J connectivity index is 1.86. The van der Waals surface area contributed by atoms with Gasteiger partial charge in [0.05, 0.1) is 11.3 Å². The third kappa shape index (κ3) is 2.99. The number of fused-ring (bicyclic) bond motifs is 1. The van der Waals surface area contributed by atoms with Crippen LogP contribution in [0.25, 0.3) is 22.0 Å². The molecule has 0 saturated heterocycles. The summed E-state index contributed by atoms with van der Waals surface area (Å²) in [5.41, 5.74) is 8.17. The molecule has 0 saturated carbocycles. The summed E-state index contributed by atoms with van der Waals surface area (Å²) in [6, 6.07) is 15.7. The summed E-state index contributed by atoms with van der Waals surface area (Å²) < 4.78 is 7.29. The highest BCUT2D eigenvalue weighted by Crippen LogP contribution is 2.38. The highest BCUT2D eigenvalue weighted by Gasteiger charge is 2.14. The Morgan fingerprint density at radius 2 is 1.81 bits per heavy atom. The van der Waals surface area contributed by atoms with Gasteiger partial charge in [-0.15, -0.1) is 0 Å². The lowest BCUT2D eigenvalue weighted by atomic mass is 10.1. The molecule has 0 amide bonds. The van der Waals surface area contributed by atoms with Gasteiger partial charge in [0.2, 0.25) is 11.8 Å². The molecule has 2 aromatic heterocycles. The van der Waals surface area contributed by atoms with E-state index < -0.39 is 0 Å². The molecule has 2 N–H and O–H groups in total. The van der Waals surface area contributed by atoms with Crippen LogP contribution in [0.5, 0.6) is 11.6 Å². The van der Waals surface area contributed by atoms with E-state index in [0.29, 0.717) is 11.6 Å². The molecule has 0 spiro atoms. The van der Waals surface area contributed by atoms with Gasteiger partial charge < -0.3 is 10.5 Å². The molecule has 26 heavy (non-hydrogen) atoms. The molecule has 128 valence electrons. The molecule has 2 heterocycles. The van der Waals surface area contributed by atoms with Crippen LogP contribution in [0.3, 0.4) is 0 Å². The topological polar surface area (TPSA) is 73.9 Å². The number of hydrogen-bond donors (Lipinski definition) is 1. The Morgan fingerprint density at radius 1 is 0.923 bits per heavy atom. The van der Waals surface area contributed by atoms with Crippen LogP contribution in [0.4, 0.5) is 5.95 Å². The first-order valence-corrected chi connectivity index (χ1v) is 8.82. The molecule has 4 aromatic rings. The molecular weight excluding hydrogens is 392 g/mol. The monoisotopic (exact) mass is 406 g/mol. The molecular formula is C20H15BrN4O. The lowest BCUT2D eigenvalue weighted by molar-refractivity contribution is 0.466. The molecule has 0 aliphatic rings. The van der Waals surface area contributed by atoms with Gasteiger partial charge in [-0.2, -0.15) is 0 Å². The van der Waals surface area contributed by atoms with Crippen LogP contribution in [0, 0.1) is 6.92 Å². The van der Waals surface area contributed by atoms with E-state index in [1.807, 2.05) is 43.3 Å². The fourth-order valence-corrected chi connectivity index (χ4v) is 3.32. The Hall–Kier alpha value is -2.99. The zero-order valence-electron chi connectivity index (χ0n) is 14.0. The second-order valence-electron chi connectivity index (χ2n) is 5.80. The van der Waals surface area contributed by atoms with Crippen LogP contribution in [-0.2, 0) is 0 Å². The van der Waals surface area contributed by atoms with Crippen molar-refractivity contribution in [2.45, 2.75) is 6.92 Å². The lowest BCUT2D eigenvalue weighted by Gasteiger charge is -2.14. The number of rotatable bonds is 3. The Bertz CT molecular complexity index is 1110. The van der Waals surface area contributed by atoms with Gasteiger partial charge in [-0.1, -0.05) is 40.2 Å². The van der Waals surface area contributed by atoms with E-state index in [4.69, 9.17) is 10.5 Å². The fourth-order valence-electron chi connectivity index (χ4n) is 2.82. The van der Waals surface area contributed by atoms with Crippen LogP contribution in [0.15, 0.2) is 65.4 Å². The minimum atomic E-state index is 0.211. The molecule has 0 atom stereocenters. The van der Waals surface area contributed by atoms with Crippen molar-refractivity contribution >= 4 is 32.7 Å². The van der Waals surface area contributed by atoms with E-state index in [1.54, 1.807) is 18.5 Å². The van der Waals surface area contributed by atoms with E-state index in [0.717, 1.165) is 32.1 Å². The molecule has 4 rings (SSSR count). The van der Waals surface area contributed by atoms with E-state index in [-0.39, 0.29) is 5.95 Å². The third-order valence-electron chi connectivity index (χ3n) is 4.08. The molecule has 6 heteroatoms. The van der Waals surface area contributed by atoms with Crippen LogP contribution < -0.4 is 10.5 Å². The minimum absolute atomic E-state index is 0.211. The average Bonchev–Trinajstić information content (AvgIpc) is 2.65. The van der Waals surface area contributed by atoms with Gasteiger partial charge in [0.1, 0.15) is 5.75 Å². The van der Waals surface area contributed by atoms with Crippen molar-refractivity contribution in [3.63, 3.8) is 0 Å². The number of hydrogen-bond acceptors (Lipinski definition) is 5. The number of aromatic nitrogens is 3. The molecule has 0 aliphatic heterocycles. The number of nitrogen functional groups attached to an aromatic ring is 1. The van der Waals surface area contributed by atoms with Crippen LogP contribution in [0.1, 0.15) is 5.56 Å². The maximum Gasteiger partial charge on any atom is 0.228 e. The Kier molecular flexibility index (Phi) is 4.26. The number of pyridine rings is 1. The molecule has 0 fully saturated rings. The lowest BCUT2D eigenvalue weighted by Crippen LogP contribution is -1.98. The van der Waals surface area contributed by atoms with Crippen molar-refractivity contribution < 1.29 is 4.74 Å². The Morgan fingerprint density at radius 3 is 2.65 bits per heavy atom. The first kappa shape index (κ1) is 16.5. The number of aryl methyl sites for hydroxylation is 1. The van der Waals surface area contributed by atoms with Gasteiger partial charge in [0, 0.05) is 22.3 Å². The van der Waals surface area contributed by atoms with E-state index in [9.17, 15) is 0 Å². The summed E-state index contributed by atoms with van der Waals surface area (Å²) >= 11 is 3.60. The summed E-state index contributed by atoms with van der Waals surface area (Å²) in [5.74, 6) is 1.45. The highest BCUT2D eigenvalue weighted by atomic mass is 79.9. The molecule has 0 bridgehead atoms. The molecule has 0 radical (unpaired) electrons. The number of anilines is 1. The first-order valence-electron chi connectivity index (χ1n) is 8.03. The number of benzene rings is 2. The van der Waals surface area contributed by atoms with E-state index in [2.05, 4.69) is 36.9 Å². The second kappa shape index (κ2) is 6.72. The van der Waals surface area contributed by atoms with Crippen molar-refractivity contribution in [2.24, 2.45) is 0 Å². The second-order valence-corrected chi connectivity index (χ2v) is 6.66. The van der Waals surface area contributed by atoms with E-state index >= 15 is 0 Å². The van der Waals surface area contributed by atoms with Crippen molar-refractivity contribution in [2.75, 3.05) is 5.73 Å². The number of nitrogens with two attached hydrogens (primary N) is 1. The number of nitrogens with zero attached hydrogens (tertiary/aromatic N) is 3. The van der Waals surface area contributed by atoms with Gasteiger partial charge in [0.15, 0.2) is 0 Å². The minimum Gasteiger partial charge on any atom is -0.437 e. The van der Waals surface area contributed by atoms with Crippen LogP contribution in [0.2, 0.25) is 0 Å². The predicted molar refractivity (Wildman–Crippen MR) is 106 cm³/mol. The molecule has 0 aliphatic carbocycles. The number of halogens is 1. The summed E-state index contributed by atoms with van der Waals surface area (Å²) in [6.07, 6.45) is 3.31. The van der Waals surface area contributed by atoms with Gasteiger partial charge in [0.25, 0.3) is 0 Å². The maximum atomic E-state index is 6.27. The van der Waals surface area contributed by atoms with Gasteiger partial charge in [-0.25, -0.2) is 15.0 Å². The third-order valence-corrected chi connectivity index (χ3v) is 4.77.